The summed E-state index contributed by atoms with van der Waals surface area (Å²) in [4.78, 5) is 15.6. The number of nitrogens with two attached hydrogens (primary N) is 1. The van der Waals surface area contributed by atoms with Crippen LogP contribution >= 0.6 is 0 Å². The Morgan fingerprint density at radius 3 is 3.07 bits per heavy atom. The minimum Gasteiger partial charge on any atom is -0.494 e. The molecule has 1 aromatic heterocycles. The van der Waals surface area contributed by atoms with Gasteiger partial charge in [0.15, 0.2) is 0 Å². The second-order valence-corrected chi connectivity index (χ2v) is 3.19. The van der Waals surface area contributed by atoms with Gasteiger partial charge < -0.3 is 15.8 Å². The van der Waals surface area contributed by atoms with Gasteiger partial charge in [0.2, 0.25) is 0 Å². The van der Waals surface area contributed by atoms with Crippen molar-refractivity contribution >= 4 is 5.91 Å². The first-order chi connectivity index (χ1) is 7.19. The van der Waals surface area contributed by atoms with E-state index in [1.807, 2.05) is 6.92 Å². The Bertz CT molecular complexity index is 341. The Morgan fingerprint density at radius 1 is 1.73 bits per heavy atom. The predicted molar refractivity (Wildman–Crippen MR) is 56.8 cm³/mol. The van der Waals surface area contributed by atoms with Crippen molar-refractivity contribution in [3.05, 3.63) is 24.0 Å². The number of rotatable bonds is 4. The Hall–Kier alpha value is -1.62. The zero-order chi connectivity index (χ0) is 11.3. The van der Waals surface area contributed by atoms with Crippen LogP contribution in [0, 0.1) is 0 Å². The average Bonchev–Trinajstić information content (AvgIpc) is 2.28. The van der Waals surface area contributed by atoms with E-state index in [-0.39, 0.29) is 11.9 Å². The Labute approximate surface area is 88.6 Å². The summed E-state index contributed by atoms with van der Waals surface area (Å²) >= 11 is 0. The van der Waals surface area contributed by atoms with Gasteiger partial charge in [-0.05, 0) is 13.0 Å². The van der Waals surface area contributed by atoms with Crippen LogP contribution < -0.4 is 15.8 Å². The van der Waals surface area contributed by atoms with Gasteiger partial charge in [-0.15, -0.1) is 0 Å². The molecule has 1 amide bonds. The molecular formula is C10H15N3O2. The number of carbonyl (C=O) groups excluding carboxylic acids is 1. The second-order valence-electron chi connectivity index (χ2n) is 3.19. The number of aromatic nitrogens is 1. The highest BCUT2D eigenvalue weighted by Crippen LogP contribution is 2.15. The first kappa shape index (κ1) is 11.5. The van der Waals surface area contributed by atoms with E-state index in [1.165, 1.54) is 13.3 Å². The quantitative estimate of drug-likeness (QED) is 0.741. The number of hydrogen-bond donors (Lipinski definition) is 2. The van der Waals surface area contributed by atoms with Crippen LogP contribution in [0.2, 0.25) is 0 Å². The zero-order valence-corrected chi connectivity index (χ0v) is 8.86. The fourth-order valence-corrected chi connectivity index (χ4v) is 1.09. The van der Waals surface area contributed by atoms with Crippen LogP contribution in [0.5, 0.6) is 5.75 Å². The molecule has 0 radical (unpaired) electrons. The Kier molecular flexibility index (Phi) is 4.05. The van der Waals surface area contributed by atoms with Crippen molar-refractivity contribution in [3.63, 3.8) is 0 Å². The van der Waals surface area contributed by atoms with Crippen molar-refractivity contribution in [1.29, 1.82) is 0 Å². The highest BCUT2D eigenvalue weighted by Gasteiger charge is 2.13. The molecule has 0 saturated carbocycles. The highest BCUT2D eigenvalue weighted by atomic mass is 16.5. The van der Waals surface area contributed by atoms with E-state index < -0.39 is 0 Å². The van der Waals surface area contributed by atoms with E-state index in [0.29, 0.717) is 17.9 Å². The third-order valence-corrected chi connectivity index (χ3v) is 1.98. The topological polar surface area (TPSA) is 77.2 Å². The van der Waals surface area contributed by atoms with Gasteiger partial charge >= 0.3 is 0 Å². The fraction of sp³-hybridized carbons (Fsp3) is 0.400. The molecule has 0 aromatic carbocycles. The fourth-order valence-electron chi connectivity index (χ4n) is 1.09. The molecule has 0 aliphatic heterocycles. The monoisotopic (exact) mass is 209 g/mol. The number of pyridine rings is 1. The molecule has 5 nitrogen and oxygen atoms in total. The average molecular weight is 209 g/mol. The van der Waals surface area contributed by atoms with Crippen LogP contribution in [-0.2, 0) is 0 Å². The van der Waals surface area contributed by atoms with Crippen molar-refractivity contribution in [1.82, 2.24) is 10.3 Å². The number of carbonyl (C=O) groups is 1. The molecule has 15 heavy (non-hydrogen) atoms. The van der Waals surface area contributed by atoms with Crippen molar-refractivity contribution < 1.29 is 9.53 Å². The summed E-state index contributed by atoms with van der Waals surface area (Å²) in [6, 6.07) is 1.55. The Balaban J connectivity index is 2.81. The van der Waals surface area contributed by atoms with Crippen molar-refractivity contribution in [3.8, 4) is 5.75 Å². The van der Waals surface area contributed by atoms with Gasteiger partial charge in [0.25, 0.3) is 5.91 Å². The second kappa shape index (κ2) is 5.31. The number of nitrogens with zero attached hydrogens (tertiary/aromatic N) is 1. The van der Waals surface area contributed by atoms with Crippen LogP contribution in [0.4, 0.5) is 0 Å². The first-order valence-corrected chi connectivity index (χ1v) is 4.68. The molecule has 0 bridgehead atoms. The predicted octanol–water partition coefficient (Wildman–Crippen LogP) is 0.167. The van der Waals surface area contributed by atoms with Gasteiger partial charge in [-0.25, -0.2) is 0 Å². The summed E-state index contributed by atoms with van der Waals surface area (Å²) in [5.41, 5.74) is 5.88. The zero-order valence-electron chi connectivity index (χ0n) is 8.86. The Morgan fingerprint density at radius 2 is 2.47 bits per heavy atom. The maximum absolute atomic E-state index is 11.7. The largest absolute Gasteiger partial charge is 0.494 e. The van der Waals surface area contributed by atoms with E-state index in [2.05, 4.69) is 10.3 Å². The summed E-state index contributed by atoms with van der Waals surface area (Å²) in [5.74, 6) is 0.256. The van der Waals surface area contributed by atoms with Crippen molar-refractivity contribution in [2.75, 3.05) is 13.7 Å². The normalized spacial score (nSPS) is 11.9. The molecule has 5 heteroatoms. The van der Waals surface area contributed by atoms with Gasteiger partial charge in [-0.3, -0.25) is 9.78 Å². The maximum atomic E-state index is 11.7. The smallest absolute Gasteiger partial charge is 0.255 e. The SMILES string of the molecule is COc1cnccc1C(=O)NC(C)CN. The highest BCUT2D eigenvalue weighted by molar-refractivity contribution is 5.96. The molecule has 0 saturated heterocycles. The minimum absolute atomic E-state index is 0.0598. The standard InChI is InChI=1S/C10H15N3O2/c1-7(5-11)13-10(14)8-3-4-12-6-9(8)15-2/h3-4,6-7H,5,11H2,1-2H3,(H,13,14). The van der Waals surface area contributed by atoms with E-state index in [1.54, 1.807) is 12.3 Å². The molecule has 3 N–H and O–H groups in total. The lowest BCUT2D eigenvalue weighted by atomic mass is 10.2. The van der Waals surface area contributed by atoms with Gasteiger partial charge in [0.05, 0.1) is 18.9 Å². The molecule has 0 aliphatic rings. The molecule has 1 aromatic rings. The van der Waals surface area contributed by atoms with Crippen molar-refractivity contribution in [2.24, 2.45) is 5.73 Å². The molecule has 0 fully saturated rings. The number of amides is 1. The van der Waals surface area contributed by atoms with E-state index >= 15 is 0 Å². The number of ether oxygens (including phenoxy) is 1. The van der Waals surface area contributed by atoms with Crippen LogP contribution in [-0.4, -0.2) is 30.6 Å². The van der Waals surface area contributed by atoms with Gasteiger partial charge in [-0.2, -0.15) is 0 Å². The van der Waals surface area contributed by atoms with Gasteiger partial charge in [0.1, 0.15) is 5.75 Å². The summed E-state index contributed by atoms with van der Waals surface area (Å²) in [7, 11) is 1.50. The van der Waals surface area contributed by atoms with E-state index in [0.717, 1.165) is 0 Å². The van der Waals surface area contributed by atoms with Crippen LogP contribution in [0.3, 0.4) is 0 Å². The summed E-state index contributed by atoms with van der Waals surface area (Å²) in [5, 5.41) is 2.75. The summed E-state index contributed by atoms with van der Waals surface area (Å²) in [6.07, 6.45) is 3.05. The van der Waals surface area contributed by atoms with Crippen LogP contribution in [0.15, 0.2) is 18.5 Å². The molecule has 82 valence electrons. The number of hydrogen-bond acceptors (Lipinski definition) is 4. The number of methoxy groups -OCH3 is 1. The molecule has 1 rings (SSSR count). The molecular weight excluding hydrogens is 194 g/mol. The summed E-state index contributed by atoms with van der Waals surface area (Å²) < 4.78 is 5.03. The van der Waals surface area contributed by atoms with Crippen molar-refractivity contribution in [2.45, 2.75) is 13.0 Å². The lowest BCUT2D eigenvalue weighted by molar-refractivity contribution is 0.0938. The molecule has 0 spiro atoms. The van der Waals surface area contributed by atoms with E-state index in [4.69, 9.17) is 10.5 Å². The molecule has 1 heterocycles. The minimum atomic E-state index is -0.202. The van der Waals surface area contributed by atoms with Gasteiger partial charge in [-0.1, -0.05) is 0 Å². The third-order valence-electron chi connectivity index (χ3n) is 1.98. The number of nitrogens with one attached hydrogen (secondary N) is 1. The first-order valence-electron chi connectivity index (χ1n) is 4.68. The van der Waals surface area contributed by atoms with E-state index in [9.17, 15) is 4.79 Å². The maximum Gasteiger partial charge on any atom is 0.255 e. The van der Waals surface area contributed by atoms with Gasteiger partial charge in [0, 0.05) is 18.8 Å². The molecule has 0 aliphatic carbocycles. The van der Waals surface area contributed by atoms with Crippen LogP contribution in [0.25, 0.3) is 0 Å². The van der Waals surface area contributed by atoms with Crippen LogP contribution in [0.1, 0.15) is 17.3 Å². The lowest BCUT2D eigenvalue weighted by Gasteiger charge is -2.12. The third kappa shape index (κ3) is 2.92. The molecule has 1 unspecified atom stereocenters. The lowest BCUT2D eigenvalue weighted by Crippen LogP contribution is -2.37. The molecule has 1 atom stereocenters. The summed E-state index contributed by atoms with van der Waals surface area (Å²) in [6.45, 7) is 2.24.